The van der Waals surface area contributed by atoms with E-state index in [1.165, 1.54) is 0 Å². The first-order chi connectivity index (χ1) is 22.5. The van der Waals surface area contributed by atoms with Crippen LogP contribution >= 0.6 is 0 Å². The summed E-state index contributed by atoms with van der Waals surface area (Å²) >= 11 is 0. The van der Waals surface area contributed by atoms with Crippen molar-refractivity contribution in [1.82, 2.24) is 0 Å². The fraction of sp³-hybridized carbons (Fsp3) is 0.360. The molecule has 28 heteroatoms. The second-order valence-corrected chi connectivity index (χ2v) is 7.36. The van der Waals surface area contributed by atoms with Gasteiger partial charge in [0.15, 0.2) is 46.6 Å². The molecule has 0 aromatic rings. The molecule has 295 valence electrons. The van der Waals surface area contributed by atoms with Gasteiger partial charge in [-0.15, -0.1) is 0 Å². The number of aliphatic hydroxyl groups is 1. The maximum absolute atomic E-state index is 9.72. The number of aliphatic carboxylic acids is 9. The summed E-state index contributed by atoms with van der Waals surface area (Å²) in [5.41, 5.74) is 0. The van der Waals surface area contributed by atoms with Gasteiger partial charge in [-0.1, -0.05) is 0 Å². The van der Waals surface area contributed by atoms with E-state index in [9.17, 15) is 112 Å². The molecule has 0 rings (SSSR count). The van der Waals surface area contributed by atoms with Crippen LogP contribution in [0.15, 0.2) is 0 Å². The summed E-state index contributed by atoms with van der Waals surface area (Å²) in [6.07, 6.45) is -2.54. The van der Waals surface area contributed by atoms with E-state index in [2.05, 4.69) is 0 Å². The normalized spacial score (nSPS) is 8.08. The van der Waals surface area contributed by atoms with E-state index in [1.807, 2.05) is 0 Å². The van der Waals surface area contributed by atoms with Crippen molar-refractivity contribution < 1.29 is 166 Å². The molecule has 0 fully saturated rings. The topological polar surface area (TPSA) is 495 Å². The van der Waals surface area contributed by atoms with Gasteiger partial charge in [0, 0.05) is 67.0 Å². The van der Waals surface area contributed by atoms with Crippen LogP contribution in [0.4, 0.5) is 0 Å². The number of carbonyl (C=O) groups excluding carboxylic acids is 14. The van der Waals surface area contributed by atoms with Crippen LogP contribution in [0.3, 0.4) is 0 Å². The molecule has 0 aromatic carbocycles. The van der Waals surface area contributed by atoms with Crippen LogP contribution in [-0.4, -0.2) is 116 Å². The SMILES string of the molecule is CC(=O)C(=O)[O-].CC(=O)C(=O)[O-].CC(=O)C(=O)[O-].CC(=O)C(=O)[O-].CC(=O)C(=O)[O-].CC(=O)C(=O)[O-].CC(=O)C(=O)[O-].O=C(O)CC(O)C(=O)O.[V].[Zn+2]. The molecule has 53 heavy (non-hydrogen) atoms. The van der Waals surface area contributed by atoms with Gasteiger partial charge in [-0.3, -0.25) is 38.4 Å². The molecule has 0 saturated carbocycles. The molecule has 0 spiro atoms. The van der Waals surface area contributed by atoms with Gasteiger partial charge in [-0.25, -0.2) is 4.79 Å². The number of Topliss-reactive ketones (excluding diaryl/α,β-unsaturated/α-hetero) is 7. The molecular weight excluding hydrogens is 833 g/mol. The van der Waals surface area contributed by atoms with Crippen LogP contribution in [0, 0.1) is 0 Å². The number of carboxylic acids is 9. The first-order valence-corrected chi connectivity index (χ1v) is 11.7. The number of hydrogen-bond acceptors (Lipinski definition) is 24. The summed E-state index contributed by atoms with van der Waals surface area (Å²) in [7, 11) is 0. The van der Waals surface area contributed by atoms with Gasteiger partial charge < -0.3 is 84.6 Å². The third kappa shape index (κ3) is 99.0. The number of carboxylic acid groups (broad SMARTS) is 9. The maximum atomic E-state index is 9.72. The Kier molecular flexibility index (Phi) is 60.5. The molecule has 0 aliphatic heterocycles. The third-order valence-electron chi connectivity index (χ3n) is 2.67. The van der Waals surface area contributed by atoms with Crippen LogP contribution in [-0.2, 0) is 115 Å². The summed E-state index contributed by atoms with van der Waals surface area (Å²) in [5, 5.41) is 88.8. The standard InChI is InChI=1S/C4H6O5.7C3H4O3.V.Zn/c5-2(4(8)9)1-3(6)7;7*1-2(4)3(5)6;;/h2,5H,1H2,(H,6,7)(H,8,9);7*1H3,(H,5,6);;/q;;;;;;;;;+2/p-7. The molecule has 0 saturated heterocycles. The van der Waals surface area contributed by atoms with E-state index in [4.69, 9.17) is 15.3 Å². The second kappa shape index (κ2) is 44.1. The van der Waals surface area contributed by atoms with E-state index in [-0.39, 0.29) is 38.0 Å². The molecule has 0 aliphatic rings. The number of rotatable bonds is 10. The van der Waals surface area contributed by atoms with Gasteiger partial charge in [0.05, 0.1) is 6.42 Å². The van der Waals surface area contributed by atoms with Crippen molar-refractivity contribution in [2.75, 3.05) is 0 Å². The molecule has 0 bridgehead atoms. The Morgan fingerprint density at radius 3 is 0.491 bits per heavy atom. The number of hydrogen-bond donors (Lipinski definition) is 3. The van der Waals surface area contributed by atoms with Crippen LogP contribution in [0.1, 0.15) is 54.9 Å². The van der Waals surface area contributed by atoms with Crippen LogP contribution in [0.25, 0.3) is 0 Å². The number of ketones is 7. The average Bonchev–Trinajstić information content (AvgIpc) is 2.94. The minimum Gasteiger partial charge on any atom is -0.542 e. The first-order valence-electron chi connectivity index (χ1n) is 11.7. The summed E-state index contributed by atoms with van der Waals surface area (Å²) in [4.78, 5) is 150. The Bertz CT molecular complexity index is 1010. The Hall–Kier alpha value is -5.91. The summed E-state index contributed by atoms with van der Waals surface area (Å²) in [5.74, 6) is -20.8. The van der Waals surface area contributed by atoms with Gasteiger partial charge in [-0.2, -0.15) is 0 Å². The average molecular weight is 860 g/mol. The molecule has 0 aromatic heterocycles. The Labute approximate surface area is 320 Å². The zero-order chi connectivity index (χ0) is 43.5. The van der Waals surface area contributed by atoms with E-state index in [0.29, 0.717) is 0 Å². The summed E-state index contributed by atoms with van der Waals surface area (Å²) in [6.45, 7) is 6.58. The van der Waals surface area contributed by atoms with E-state index in [0.717, 1.165) is 48.5 Å². The fourth-order valence-electron chi connectivity index (χ4n) is 0.253. The predicted molar refractivity (Wildman–Crippen MR) is 136 cm³/mol. The number of aliphatic hydroxyl groups excluding tert-OH is 1. The van der Waals surface area contributed by atoms with Crippen molar-refractivity contribution in [3.05, 3.63) is 0 Å². The smallest absolute Gasteiger partial charge is 0.542 e. The first kappa shape index (κ1) is 72.7. The largest absolute Gasteiger partial charge is 2.00 e. The molecule has 26 nitrogen and oxygen atoms in total. The Balaban J connectivity index is -0.0000000498. The molecule has 1 atom stereocenters. The summed E-state index contributed by atoms with van der Waals surface area (Å²) in [6, 6.07) is 0. The second-order valence-electron chi connectivity index (χ2n) is 7.36. The van der Waals surface area contributed by atoms with Gasteiger partial charge >= 0.3 is 31.4 Å². The van der Waals surface area contributed by atoms with Crippen LogP contribution in [0.5, 0.6) is 0 Å². The minimum atomic E-state index is -1.79. The quantitative estimate of drug-likeness (QED) is 0.136. The molecule has 0 aliphatic carbocycles. The van der Waals surface area contributed by atoms with Gasteiger partial charge in [0.2, 0.25) is 0 Å². The third-order valence-corrected chi connectivity index (χ3v) is 2.67. The maximum Gasteiger partial charge on any atom is 2.00 e. The van der Waals surface area contributed by atoms with Crippen molar-refractivity contribution in [2.45, 2.75) is 61.0 Å². The monoisotopic (exact) mass is 858 g/mol. The molecular formula is C25H27O26VZn-5. The van der Waals surface area contributed by atoms with Gasteiger partial charge in [0.25, 0.3) is 0 Å². The minimum absolute atomic E-state index is 0. The molecule has 3 N–H and O–H groups in total. The number of carbonyl (C=O) groups is 16. The van der Waals surface area contributed by atoms with Crippen molar-refractivity contribution in [1.29, 1.82) is 0 Å². The van der Waals surface area contributed by atoms with Crippen LogP contribution < -0.4 is 35.7 Å². The van der Waals surface area contributed by atoms with E-state index >= 15 is 0 Å². The van der Waals surface area contributed by atoms with Gasteiger partial charge in [-0.05, 0) is 0 Å². The van der Waals surface area contributed by atoms with Crippen molar-refractivity contribution in [3.63, 3.8) is 0 Å². The zero-order valence-electron chi connectivity index (χ0n) is 28.2. The predicted octanol–water partition coefficient (Wildman–Crippen LogP) is -12.8. The Morgan fingerprint density at radius 1 is 0.377 bits per heavy atom. The van der Waals surface area contributed by atoms with Crippen LogP contribution in [0.2, 0.25) is 0 Å². The van der Waals surface area contributed by atoms with E-state index in [1.54, 1.807) is 0 Å². The molecule has 0 amide bonds. The molecule has 1 radical (unpaired) electrons. The Morgan fingerprint density at radius 2 is 0.472 bits per heavy atom. The van der Waals surface area contributed by atoms with Crippen molar-refractivity contribution in [3.8, 4) is 0 Å². The fourth-order valence-corrected chi connectivity index (χ4v) is 0.253. The van der Waals surface area contributed by atoms with Crippen molar-refractivity contribution >= 4 is 94.2 Å². The van der Waals surface area contributed by atoms with E-state index < -0.39 is 107 Å². The molecule has 0 heterocycles. The zero-order valence-corrected chi connectivity index (χ0v) is 32.5. The van der Waals surface area contributed by atoms with Gasteiger partial charge in [0.1, 0.15) is 41.8 Å². The molecule has 1 unspecified atom stereocenters. The van der Waals surface area contributed by atoms with Crippen molar-refractivity contribution in [2.24, 2.45) is 0 Å². The summed E-state index contributed by atoms with van der Waals surface area (Å²) < 4.78 is 0.